The van der Waals surface area contributed by atoms with Crippen molar-refractivity contribution in [3.05, 3.63) is 0 Å². The van der Waals surface area contributed by atoms with E-state index in [2.05, 4.69) is 27.7 Å². The van der Waals surface area contributed by atoms with Crippen LogP contribution in [-0.2, 0) is 0 Å². The molecule has 1 fully saturated rings. The van der Waals surface area contributed by atoms with Crippen molar-refractivity contribution in [2.75, 3.05) is 0 Å². The summed E-state index contributed by atoms with van der Waals surface area (Å²) in [6.45, 7) is 9.59. The largest absolute Gasteiger partial charge is 0.0654 e. The lowest BCUT2D eigenvalue weighted by molar-refractivity contribution is 0.142. The molecule has 14 heavy (non-hydrogen) atoms. The Labute approximate surface area is 90.5 Å². The van der Waals surface area contributed by atoms with E-state index in [9.17, 15) is 0 Å². The van der Waals surface area contributed by atoms with E-state index in [-0.39, 0.29) is 0 Å². The molecule has 0 N–H and O–H groups in total. The van der Waals surface area contributed by atoms with Crippen LogP contribution in [0.1, 0.15) is 66.2 Å². The van der Waals surface area contributed by atoms with E-state index < -0.39 is 0 Å². The Bertz CT molecular complexity index is 146. The molecule has 0 bridgehead atoms. The maximum atomic E-state index is 2.47. The predicted molar refractivity (Wildman–Crippen MR) is 64.4 cm³/mol. The van der Waals surface area contributed by atoms with Gasteiger partial charge in [0.05, 0.1) is 0 Å². The van der Waals surface area contributed by atoms with E-state index in [4.69, 9.17) is 0 Å². The van der Waals surface area contributed by atoms with E-state index in [0.717, 1.165) is 23.7 Å². The number of hydrogen-bond donors (Lipinski definition) is 0. The molecule has 0 aromatic rings. The molecule has 1 aliphatic rings. The third-order valence-corrected chi connectivity index (χ3v) is 4.51. The van der Waals surface area contributed by atoms with Crippen molar-refractivity contribution in [2.24, 2.45) is 23.7 Å². The molecular weight excluding hydrogens is 168 g/mol. The summed E-state index contributed by atoms with van der Waals surface area (Å²) in [4.78, 5) is 0. The monoisotopic (exact) mass is 196 g/mol. The second-order valence-electron chi connectivity index (χ2n) is 5.48. The highest BCUT2D eigenvalue weighted by molar-refractivity contribution is 4.79. The SMILES string of the molecule is CCCC1C[C@H](C(C)CC)CC[C@H]1C. The van der Waals surface area contributed by atoms with Crippen molar-refractivity contribution in [1.29, 1.82) is 0 Å². The normalized spacial score (nSPS) is 35.6. The van der Waals surface area contributed by atoms with Crippen molar-refractivity contribution < 1.29 is 0 Å². The summed E-state index contributed by atoms with van der Waals surface area (Å²) in [6, 6.07) is 0. The third-order valence-electron chi connectivity index (χ3n) is 4.51. The Kier molecular flexibility index (Phi) is 4.98. The number of rotatable bonds is 4. The van der Waals surface area contributed by atoms with Crippen LogP contribution in [0.5, 0.6) is 0 Å². The van der Waals surface area contributed by atoms with E-state index in [1.807, 2.05) is 0 Å². The van der Waals surface area contributed by atoms with Crippen LogP contribution in [0.3, 0.4) is 0 Å². The molecule has 1 aliphatic carbocycles. The molecular formula is C14H28. The van der Waals surface area contributed by atoms with Crippen molar-refractivity contribution in [1.82, 2.24) is 0 Å². The molecule has 1 saturated carbocycles. The van der Waals surface area contributed by atoms with Crippen LogP contribution in [-0.4, -0.2) is 0 Å². The maximum absolute atomic E-state index is 2.47. The Hall–Kier alpha value is 0. The van der Waals surface area contributed by atoms with Gasteiger partial charge in [-0.3, -0.25) is 0 Å². The Balaban J connectivity index is 2.44. The highest BCUT2D eigenvalue weighted by atomic mass is 14.3. The zero-order chi connectivity index (χ0) is 10.6. The zero-order valence-electron chi connectivity index (χ0n) is 10.6. The molecule has 2 unspecified atom stereocenters. The molecule has 0 aliphatic heterocycles. The van der Waals surface area contributed by atoms with Crippen LogP contribution >= 0.6 is 0 Å². The van der Waals surface area contributed by atoms with Crippen molar-refractivity contribution >= 4 is 0 Å². The van der Waals surface area contributed by atoms with Gasteiger partial charge in [-0.2, -0.15) is 0 Å². The molecule has 1 rings (SSSR count). The Morgan fingerprint density at radius 3 is 2.50 bits per heavy atom. The van der Waals surface area contributed by atoms with Gasteiger partial charge in [-0.05, 0) is 36.5 Å². The van der Waals surface area contributed by atoms with Gasteiger partial charge in [-0.25, -0.2) is 0 Å². The third kappa shape index (κ3) is 3.00. The quantitative estimate of drug-likeness (QED) is 0.601. The van der Waals surface area contributed by atoms with Crippen molar-refractivity contribution in [3.8, 4) is 0 Å². The maximum Gasteiger partial charge on any atom is -0.0386 e. The van der Waals surface area contributed by atoms with Gasteiger partial charge in [0.2, 0.25) is 0 Å². The van der Waals surface area contributed by atoms with E-state index in [1.165, 1.54) is 38.5 Å². The molecule has 0 radical (unpaired) electrons. The fraction of sp³-hybridized carbons (Fsp3) is 1.00. The van der Waals surface area contributed by atoms with Crippen LogP contribution in [0, 0.1) is 23.7 Å². The molecule has 0 nitrogen and oxygen atoms in total. The molecule has 4 atom stereocenters. The van der Waals surface area contributed by atoms with E-state index >= 15 is 0 Å². The average molecular weight is 196 g/mol. The Morgan fingerprint density at radius 2 is 1.93 bits per heavy atom. The van der Waals surface area contributed by atoms with Crippen LogP contribution < -0.4 is 0 Å². The summed E-state index contributed by atoms with van der Waals surface area (Å²) < 4.78 is 0. The second-order valence-corrected chi connectivity index (χ2v) is 5.48. The molecule has 0 aromatic carbocycles. The van der Waals surface area contributed by atoms with Gasteiger partial charge in [-0.15, -0.1) is 0 Å². The molecule has 84 valence electrons. The first kappa shape index (κ1) is 12.1. The lowest BCUT2D eigenvalue weighted by Crippen LogP contribution is -2.26. The summed E-state index contributed by atoms with van der Waals surface area (Å²) in [5.41, 5.74) is 0. The molecule has 0 heteroatoms. The minimum Gasteiger partial charge on any atom is -0.0654 e. The van der Waals surface area contributed by atoms with Gasteiger partial charge in [0.1, 0.15) is 0 Å². The molecule has 0 saturated heterocycles. The standard InChI is InChI=1S/C14H28/c1-5-7-13-10-14(11(3)6-2)9-8-12(13)4/h11-14H,5-10H2,1-4H3/t11?,12-,13?,14-/m1/s1. The van der Waals surface area contributed by atoms with Gasteiger partial charge in [-0.1, -0.05) is 53.4 Å². The number of hydrogen-bond acceptors (Lipinski definition) is 0. The first-order valence-corrected chi connectivity index (χ1v) is 6.69. The van der Waals surface area contributed by atoms with E-state index in [1.54, 1.807) is 0 Å². The van der Waals surface area contributed by atoms with Gasteiger partial charge >= 0.3 is 0 Å². The zero-order valence-corrected chi connectivity index (χ0v) is 10.6. The van der Waals surface area contributed by atoms with Crippen LogP contribution in [0.15, 0.2) is 0 Å². The first-order chi connectivity index (χ1) is 6.69. The topological polar surface area (TPSA) is 0 Å². The molecule has 0 aromatic heterocycles. The first-order valence-electron chi connectivity index (χ1n) is 6.69. The molecule has 0 amide bonds. The van der Waals surface area contributed by atoms with Gasteiger partial charge in [0.15, 0.2) is 0 Å². The second kappa shape index (κ2) is 5.78. The molecule has 0 heterocycles. The fourth-order valence-corrected chi connectivity index (χ4v) is 3.08. The minimum absolute atomic E-state index is 0.960. The lowest BCUT2D eigenvalue weighted by Gasteiger charge is -2.37. The highest BCUT2D eigenvalue weighted by Gasteiger charge is 2.29. The summed E-state index contributed by atoms with van der Waals surface area (Å²) in [6.07, 6.45) is 8.72. The Morgan fingerprint density at radius 1 is 1.21 bits per heavy atom. The summed E-state index contributed by atoms with van der Waals surface area (Å²) in [7, 11) is 0. The lowest BCUT2D eigenvalue weighted by atomic mass is 9.69. The predicted octanol–water partition coefficient (Wildman–Crippen LogP) is 4.89. The van der Waals surface area contributed by atoms with Crippen LogP contribution in [0.25, 0.3) is 0 Å². The van der Waals surface area contributed by atoms with Gasteiger partial charge in [0.25, 0.3) is 0 Å². The van der Waals surface area contributed by atoms with E-state index in [0.29, 0.717) is 0 Å². The van der Waals surface area contributed by atoms with Crippen LogP contribution in [0.4, 0.5) is 0 Å². The van der Waals surface area contributed by atoms with Crippen LogP contribution in [0.2, 0.25) is 0 Å². The summed E-state index contributed by atoms with van der Waals surface area (Å²) in [5, 5.41) is 0. The summed E-state index contributed by atoms with van der Waals surface area (Å²) >= 11 is 0. The van der Waals surface area contributed by atoms with Gasteiger partial charge in [0, 0.05) is 0 Å². The fourth-order valence-electron chi connectivity index (χ4n) is 3.08. The van der Waals surface area contributed by atoms with Gasteiger partial charge < -0.3 is 0 Å². The highest BCUT2D eigenvalue weighted by Crippen LogP contribution is 2.40. The minimum atomic E-state index is 0.960. The van der Waals surface area contributed by atoms with Crippen molar-refractivity contribution in [2.45, 2.75) is 66.2 Å². The smallest absolute Gasteiger partial charge is 0.0386 e. The summed E-state index contributed by atoms with van der Waals surface area (Å²) in [5.74, 6) is 4.03. The average Bonchev–Trinajstić information content (AvgIpc) is 2.20. The molecule has 0 spiro atoms. The van der Waals surface area contributed by atoms with Crippen molar-refractivity contribution in [3.63, 3.8) is 0 Å².